The van der Waals surface area contributed by atoms with E-state index >= 15 is 0 Å². The van der Waals surface area contributed by atoms with E-state index in [1.54, 1.807) is 0 Å². The molecule has 0 saturated heterocycles. The number of nitrogens with one attached hydrogen (secondary N) is 1. The van der Waals surface area contributed by atoms with Gasteiger partial charge in [0.1, 0.15) is 0 Å². The van der Waals surface area contributed by atoms with Gasteiger partial charge < -0.3 is 11.1 Å². The highest BCUT2D eigenvalue weighted by molar-refractivity contribution is 5.76. The Kier molecular flexibility index (Phi) is 5.81. The van der Waals surface area contributed by atoms with Crippen LogP contribution in [-0.2, 0) is 4.79 Å². The molecule has 1 fully saturated rings. The van der Waals surface area contributed by atoms with Crippen molar-refractivity contribution in [1.82, 2.24) is 5.32 Å². The van der Waals surface area contributed by atoms with Gasteiger partial charge in [0, 0.05) is 18.5 Å². The maximum atomic E-state index is 11.6. The lowest BCUT2D eigenvalue weighted by atomic mass is 9.84. The van der Waals surface area contributed by atoms with Crippen LogP contribution in [0.3, 0.4) is 0 Å². The van der Waals surface area contributed by atoms with Crippen LogP contribution in [0.4, 0.5) is 0 Å². The van der Waals surface area contributed by atoms with Crippen molar-refractivity contribution in [3.63, 3.8) is 0 Å². The zero-order valence-electron chi connectivity index (χ0n) is 10.7. The van der Waals surface area contributed by atoms with Gasteiger partial charge >= 0.3 is 0 Å². The van der Waals surface area contributed by atoms with Gasteiger partial charge in [-0.25, -0.2) is 0 Å². The van der Waals surface area contributed by atoms with Crippen molar-refractivity contribution in [2.45, 2.75) is 70.9 Å². The molecule has 0 aromatic heterocycles. The molecule has 0 heterocycles. The number of hydrogen-bond acceptors (Lipinski definition) is 2. The Labute approximate surface area is 99.2 Å². The van der Waals surface area contributed by atoms with E-state index in [1.165, 1.54) is 12.8 Å². The van der Waals surface area contributed by atoms with Gasteiger partial charge in [-0.15, -0.1) is 0 Å². The second-order valence-electron chi connectivity index (χ2n) is 5.20. The van der Waals surface area contributed by atoms with Gasteiger partial charge in [0.15, 0.2) is 0 Å². The van der Waals surface area contributed by atoms with Crippen LogP contribution in [0.2, 0.25) is 0 Å². The van der Waals surface area contributed by atoms with Gasteiger partial charge in [-0.05, 0) is 51.4 Å². The van der Waals surface area contributed by atoms with Gasteiger partial charge in [0.25, 0.3) is 0 Å². The summed E-state index contributed by atoms with van der Waals surface area (Å²) in [4.78, 5) is 11.6. The third-order valence-corrected chi connectivity index (χ3v) is 3.69. The first-order valence-electron chi connectivity index (χ1n) is 6.66. The Morgan fingerprint density at radius 2 is 2.00 bits per heavy atom. The van der Waals surface area contributed by atoms with E-state index in [0.717, 1.165) is 31.6 Å². The summed E-state index contributed by atoms with van der Waals surface area (Å²) in [5.74, 6) is 0.937. The van der Waals surface area contributed by atoms with Crippen LogP contribution in [0.1, 0.15) is 58.8 Å². The number of nitrogens with two attached hydrogens (primary N) is 1. The molecule has 1 atom stereocenters. The first kappa shape index (κ1) is 13.5. The average Bonchev–Trinajstić information content (AvgIpc) is 2.28. The average molecular weight is 226 g/mol. The maximum absolute atomic E-state index is 11.6. The molecule has 16 heavy (non-hydrogen) atoms. The van der Waals surface area contributed by atoms with Crippen molar-refractivity contribution in [3.05, 3.63) is 0 Å². The molecule has 0 bridgehead atoms. The second-order valence-corrected chi connectivity index (χ2v) is 5.20. The minimum absolute atomic E-state index is 0.212. The highest BCUT2D eigenvalue weighted by Gasteiger charge is 2.19. The molecule has 0 radical (unpaired) electrons. The largest absolute Gasteiger partial charge is 0.354 e. The van der Waals surface area contributed by atoms with Gasteiger partial charge in [0.05, 0.1) is 0 Å². The lowest BCUT2D eigenvalue weighted by molar-refractivity contribution is -0.122. The summed E-state index contributed by atoms with van der Waals surface area (Å²) >= 11 is 0. The molecule has 3 N–H and O–H groups in total. The molecule has 0 aliphatic heterocycles. The zero-order chi connectivity index (χ0) is 12.0. The van der Waals surface area contributed by atoms with Crippen LogP contribution in [0.5, 0.6) is 0 Å². The third kappa shape index (κ3) is 4.97. The first-order chi connectivity index (χ1) is 7.61. The minimum Gasteiger partial charge on any atom is -0.354 e. The lowest BCUT2D eigenvalue weighted by Gasteiger charge is -2.25. The molecule has 1 rings (SSSR count). The van der Waals surface area contributed by atoms with E-state index in [1.807, 2.05) is 0 Å². The fourth-order valence-corrected chi connectivity index (χ4v) is 2.26. The topological polar surface area (TPSA) is 55.1 Å². The Balaban J connectivity index is 2.12. The zero-order valence-corrected chi connectivity index (χ0v) is 10.7. The molecule has 1 amide bonds. The summed E-state index contributed by atoms with van der Waals surface area (Å²) in [7, 11) is 0. The van der Waals surface area contributed by atoms with Gasteiger partial charge in [-0.1, -0.05) is 6.92 Å². The van der Waals surface area contributed by atoms with Crippen LogP contribution in [0.15, 0.2) is 0 Å². The summed E-state index contributed by atoms with van der Waals surface area (Å²) in [5, 5.41) is 3.01. The molecule has 1 unspecified atom stereocenters. The molecule has 94 valence electrons. The van der Waals surface area contributed by atoms with Crippen LogP contribution in [0, 0.1) is 5.92 Å². The SMILES string of the molecule is CCC(C)NC(=O)CCC1CCC(N)CC1. The van der Waals surface area contributed by atoms with E-state index in [-0.39, 0.29) is 5.91 Å². The summed E-state index contributed by atoms with van der Waals surface area (Å²) < 4.78 is 0. The quantitative estimate of drug-likeness (QED) is 0.755. The van der Waals surface area contributed by atoms with Crippen molar-refractivity contribution in [1.29, 1.82) is 0 Å². The Hall–Kier alpha value is -0.570. The number of rotatable bonds is 5. The molecule has 0 aromatic carbocycles. The molecule has 1 aliphatic carbocycles. The number of carbonyl (C=O) groups excluding carboxylic acids is 1. The molecule has 0 aromatic rings. The maximum Gasteiger partial charge on any atom is 0.220 e. The van der Waals surface area contributed by atoms with Crippen molar-refractivity contribution < 1.29 is 4.79 Å². The van der Waals surface area contributed by atoms with Gasteiger partial charge in [0.2, 0.25) is 5.91 Å². The summed E-state index contributed by atoms with van der Waals surface area (Å²) in [6.45, 7) is 4.14. The number of carbonyl (C=O) groups is 1. The molecular weight excluding hydrogens is 200 g/mol. The Bertz CT molecular complexity index is 210. The lowest BCUT2D eigenvalue weighted by Crippen LogP contribution is -2.32. The van der Waals surface area contributed by atoms with Gasteiger partial charge in [-0.2, -0.15) is 0 Å². The highest BCUT2D eigenvalue weighted by Crippen LogP contribution is 2.26. The summed E-state index contributed by atoms with van der Waals surface area (Å²) in [6, 6.07) is 0.720. The number of hydrogen-bond donors (Lipinski definition) is 2. The van der Waals surface area contributed by atoms with E-state index in [0.29, 0.717) is 18.5 Å². The Morgan fingerprint density at radius 1 is 1.38 bits per heavy atom. The second kappa shape index (κ2) is 6.89. The molecule has 1 aliphatic rings. The van der Waals surface area contributed by atoms with Crippen molar-refractivity contribution in [2.24, 2.45) is 11.7 Å². The van der Waals surface area contributed by atoms with Crippen molar-refractivity contribution in [2.75, 3.05) is 0 Å². The highest BCUT2D eigenvalue weighted by atomic mass is 16.1. The van der Waals surface area contributed by atoms with Gasteiger partial charge in [-0.3, -0.25) is 4.79 Å². The molecule has 3 nitrogen and oxygen atoms in total. The van der Waals surface area contributed by atoms with Crippen LogP contribution in [0.25, 0.3) is 0 Å². The number of amides is 1. The smallest absolute Gasteiger partial charge is 0.220 e. The molecule has 1 saturated carbocycles. The normalized spacial score (nSPS) is 27.4. The monoisotopic (exact) mass is 226 g/mol. The third-order valence-electron chi connectivity index (χ3n) is 3.69. The molecule has 3 heteroatoms. The standard InChI is InChI=1S/C13H26N2O/c1-3-10(2)15-13(16)9-6-11-4-7-12(14)8-5-11/h10-12H,3-9,14H2,1-2H3,(H,15,16). The Morgan fingerprint density at radius 3 is 2.56 bits per heavy atom. The van der Waals surface area contributed by atoms with E-state index in [2.05, 4.69) is 19.2 Å². The van der Waals surface area contributed by atoms with E-state index in [4.69, 9.17) is 5.73 Å². The fraction of sp³-hybridized carbons (Fsp3) is 0.923. The van der Waals surface area contributed by atoms with Crippen molar-refractivity contribution in [3.8, 4) is 0 Å². The molecule has 0 spiro atoms. The minimum atomic E-state index is 0.212. The van der Waals surface area contributed by atoms with E-state index < -0.39 is 0 Å². The first-order valence-corrected chi connectivity index (χ1v) is 6.66. The van der Waals surface area contributed by atoms with Crippen LogP contribution >= 0.6 is 0 Å². The summed E-state index contributed by atoms with van der Waals surface area (Å²) in [6.07, 6.45) is 7.41. The van der Waals surface area contributed by atoms with E-state index in [9.17, 15) is 4.79 Å². The van der Waals surface area contributed by atoms with Crippen molar-refractivity contribution >= 4 is 5.91 Å². The fourth-order valence-electron chi connectivity index (χ4n) is 2.26. The summed E-state index contributed by atoms with van der Waals surface area (Å²) in [5.41, 5.74) is 5.86. The predicted molar refractivity (Wildman–Crippen MR) is 67.1 cm³/mol. The predicted octanol–water partition coefficient (Wildman–Crippen LogP) is 2.20. The van der Waals surface area contributed by atoms with Crippen LogP contribution < -0.4 is 11.1 Å². The molecular formula is C13H26N2O. The van der Waals surface area contributed by atoms with Crippen LogP contribution in [-0.4, -0.2) is 18.0 Å².